The molecule has 1 saturated heterocycles. The second-order valence-electron chi connectivity index (χ2n) is 8.84. The second-order valence-corrected chi connectivity index (χ2v) is 11.2. The summed E-state index contributed by atoms with van der Waals surface area (Å²) in [5, 5.41) is 3.28. The van der Waals surface area contributed by atoms with Crippen molar-refractivity contribution in [2.45, 2.75) is 31.6 Å². The summed E-state index contributed by atoms with van der Waals surface area (Å²) >= 11 is 6.02. The van der Waals surface area contributed by atoms with Crippen molar-refractivity contribution in [1.29, 1.82) is 0 Å². The van der Waals surface area contributed by atoms with E-state index in [0.717, 1.165) is 16.7 Å². The summed E-state index contributed by atoms with van der Waals surface area (Å²) in [7, 11) is -3.77. The standard InChI is InChI=1S/C27H28ClFN2O3S/c1-19-8-5-6-11-22(19)26(20-9-3-2-4-10-20)30-27(32)21-14-16-31(17-15-21)35(33,34)18-23-24(28)12-7-13-25(23)29/h2-13,21,26H,14-18H2,1H3,(H,30,32)/t26-/m0/s1. The first-order valence-electron chi connectivity index (χ1n) is 11.6. The summed E-state index contributed by atoms with van der Waals surface area (Å²) in [4.78, 5) is 13.3. The van der Waals surface area contributed by atoms with E-state index in [-0.39, 0.29) is 41.5 Å². The molecule has 0 radical (unpaired) electrons. The average molecular weight is 515 g/mol. The smallest absolute Gasteiger partial charge is 0.223 e. The molecule has 0 spiro atoms. The lowest BCUT2D eigenvalue weighted by molar-refractivity contribution is -0.126. The Hall–Kier alpha value is -2.74. The van der Waals surface area contributed by atoms with E-state index in [4.69, 9.17) is 11.6 Å². The van der Waals surface area contributed by atoms with Crippen LogP contribution in [0.25, 0.3) is 0 Å². The van der Waals surface area contributed by atoms with Gasteiger partial charge in [0.15, 0.2) is 0 Å². The number of sulfonamides is 1. The predicted molar refractivity (Wildman–Crippen MR) is 136 cm³/mol. The molecule has 5 nitrogen and oxygen atoms in total. The van der Waals surface area contributed by atoms with Gasteiger partial charge in [-0.1, -0.05) is 72.3 Å². The number of piperidine rings is 1. The van der Waals surface area contributed by atoms with E-state index in [9.17, 15) is 17.6 Å². The number of aryl methyl sites for hydroxylation is 1. The zero-order valence-corrected chi connectivity index (χ0v) is 21.0. The normalized spacial score (nSPS) is 16.1. The zero-order chi connectivity index (χ0) is 25.0. The molecule has 35 heavy (non-hydrogen) atoms. The SMILES string of the molecule is Cc1ccccc1[C@@H](NC(=O)C1CCN(S(=O)(=O)Cc2c(F)cccc2Cl)CC1)c1ccccc1. The number of halogens is 2. The van der Waals surface area contributed by atoms with Crippen LogP contribution in [0.4, 0.5) is 4.39 Å². The minimum Gasteiger partial charge on any atom is -0.345 e. The highest BCUT2D eigenvalue weighted by Crippen LogP contribution is 2.29. The maximum absolute atomic E-state index is 14.1. The molecule has 0 unspecified atom stereocenters. The Kier molecular flexibility index (Phi) is 7.89. The van der Waals surface area contributed by atoms with Gasteiger partial charge in [-0.05, 0) is 48.6 Å². The molecule has 184 valence electrons. The van der Waals surface area contributed by atoms with Crippen LogP contribution in [0.3, 0.4) is 0 Å². The Labute approximate surface area is 211 Å². The summed E-state index contributed by atoms with van der Waals surface area (Å²) < 4.78 is 41.3. The quantitative estimate of drug-likeness (QED) is 0.469. The van der Waals surface area contributed by atoms with Crippen molar-refractivity contribution in [3.63, 3.8) is 0 Å². The summed E-state index contributed by atoms with van der Waals surface area (Å²) in [5.74, 6) is -1.55. The number of carbonyl (C=O) groups excluding carboxylic acids is 1. The number of rotatable bonds is 7. The molecule has 1 atom stereocenters. The molecule has 1 aliphatic rings. The fourth-order valence-electron chi connectivity index (χ4n) is 4.50. The molecular weight excluding hydrogens is 487 g/mol. The van der Waals surface area contributed by atoms with Crippen molar-refractivity contribution in [3.8, 4) is 0 Å². The maximum atomic E-state index is 14.1. The van der Waals surface area contributed by atoms with Gasteiger partial charge in [0, 0.05) is 29.6 Å². The molecule has 4 rings (SSSR count). The van der Waals surface area contributed by atoms with Gasteiger partial charge in [-0.2, -0.15) is 0 Å². The number of benzene rings is 3. The van der Waals surface area contributed by atoms with Crippen LogP contribution in [0.1, 0.15) is 41.1 Å². The number of hydrogen-bond acceptors (Lipinski definition) is 3. The van der Waals surface area contributed by atoms with Crippen molar-refractivity contribution >= 4 is 27.5 Å². The van der Waals surface area contributed by atoms with Gasteiger partial charge in [0.25, 0.3) is 0 Å². The highest BCUT2D eigenvalue weighted by molar-refractivity contribution is 7.88. The van der Waals surface area contributed by atoms with Gasteiger partial charge in [0.1, 0.15) is 5.82 Å². The Morgan fingerprint density at radius 3 is 2.34 bits per heavy atom. The van der Waals surface area contributed by atoms with Crippen LogP contribution >= 0.6 is 11.6 Å². The third-order valence-corrected chi connectivity index (χ3v) is 8.69. The van der Waals surface area contributed by atoms with E-state index in [1.165, 1.54) is 22.5 Å². The topological polar surface area (TPSA) is 66.5 Å². The minimum atomic E-state index is -3.77. The van der Waals surface area contributed by atoms with Gasteiger partial charge in [-0.25, -0.2) is 17.1 Å². The monoisotopic (exact) mass is 514 g/mol. The van der Waals surface area contributed by atoms with Crippen molar-refractivity contribution in [2.75, 3.05) is 13.1 Å². The Bertz CT molecular complexity index is 1270. The molecule has 0 bridgehead atoms. The molecule has 1 fully saturated rings. The molecule has 0 aromatic heterocycles. The first-order chi connectivity index (χ1) is 16.8. The fourth-order valence-corrected chi connectivity index (χ4v) is 6.41. The highest BCUT2D eigenvalue weighted by Gasteiger charge is 2.33. The highest BCUT2D eigenvalue weighted by atomic mass is 35.5. The van der Waals surface area contributed by atoms with Crippen LogP contribution in [0.5, 0.6) is 0 Å². The Morgan fingerprint density at radius 2 is 1.69 bits per heavy atom. The number of amides is 1. The lowest BCUT2D eigenvalue weighted by Gasteiger charge is -2.32. The third kappa shape index (κ3) is 5.92. The van der Waals surface area contributed by atoms with E-state index in [1.54, 1.807) is 0 Å². The van der Waals surface area contributed by atoms with E-state index in [2.05, 4.69) is 5.32 Å². The molecular formula is C27H28ClFN2O3S. The van der Waals surface area contributed by atoms with Gasteiger partial charge < -0.3 is 5.32 Å². The first-order valence-corrected chi connectivity index (χ1v) is 13.6. The maximum Gasteiger partial charge on any atom is 0.223 e. The van der Waals surface area contributed by atoms with Crippen molar-refractivity contribution in [2.24, 2.45) is 5.92 Å². The van der Waals surface area contributed by atoms with Crippen LogP contribution in [0.15, 0.2) is 72.8 Å². The predicted octanol–water partition coefficient (Wildman–Crippen LogP) is 5.24. The second kappa shape index (κ2) is 10.9. The van der Waals surface area contributed by atoms with Crippen molar-refractivity contribution in [1.82, 2.24) is 9.62 Å². The minimum absolute atomic E-state index is 0.0297. The van der Waals surface area contributed by atoms with Gasteiger partial charge >= 0.3 is 0 Å². The summed E-state index contributed by atoms with van der Waals surface area (Å²) in [6.45, 7) is 2.42. The molecule has 1 aliphatic heterocycles. The molecule has 3 aromatic carbocycles. The van der Waals surface area contributed by atoms with Gasteiger partial charge in [0.2, 0.25) is 15.9 Å². The Morgan fingerprint density at radius 1 is 1.03 bits per heavy atom. The van der Waals surface area contributed by atoms with E-state index < -0.39 is 21.6 Å². The zero-order valence-electron chi connectivity index (χ0n) is 19.5. The molecule has 0 saturated carbocycles. The molecule has 1 amide bonds. The van der Waals surface area contributed by atoms with Gasteiger partial charge in [0.05, 0.1) is 11.8 Å². The van der Waals surface area contributed by atoms with E-state index in [0.29, 0.717) is 12.8 Å². The van der Waals surface area contributed by atoms with Crippen molar-refractivity contribution < 1.29 is 17.6 Å². The van der Waals surface area contributed by atoms with Gasteiger partial charge in [-0.15, -0.1) is 0 Å². The first kappa shape index (κ1) is 25.4. The number of nitrogens with one attached hydrogen (secondary N) is 1. The van der Waals surface area contributed by atoms with Crippen LogP contribution in [-0.4, -0.2) is 31.7 Å². The van der Waals surface area contributed by atoms with Crippen LogP contribution in [0, 0.1) is 18.7 Å². The number of hydrogen-bond donors (Lipinski definition) is 1. The number of carbonyl (C=O) groups is 1. The van der Waals surface area contributed by atoms with Crippen LogP contribution in [-0.2, 0) is 20.6 Å². The average Bonchev–Trinajstić information content (AvgIpc) is 2.86. The Balaban J connectivity index is 1.44. The lowest BCUT2D eigenvalue weighted by atomic mass is 9.92. The summed E-state index contributed by atoms with van der Waals surface area (Å²) in [6.07, 6.45) is 0.788. The molecule has 3 aromatic rings. The number of nitrogens with zero attached hydrogens (tertiary/aromatic N) is 1. The van der Waals surface area contributed by atoms with E-state index >= 15 is 0 Å². The molecule has 0 aliphatic carbocycles. The van der Waals surface area contributed by atoms with Crippen molar-refractivity contribution in [3.05, 3.63) is 106 Å². The van der Waals surface area contributed by atoms with E-state index in [1.807, 2.05) is 61.5 Å². The summed E-state index contributed by atoms with van der Waals surface area (Å²) in [6, 6.07) is 21.6. The van der Waals surface area contributed by atoms with Gasteiger partial charge in [-0.3, -0.25) is 4.79 Å². The van der Waals surface area contributed by atoms with Crippen LogP contribution < -0.4 is 5.32 Å². The summed E-state index contributed by atoms with van der Waals surface area (Å²) in [5.41, 5.74) is 3.05. The largest absolute Gasteiger partial charge is 0.345 e. The molecule has 1 N–H and O–H groups in total. The molecule has 1 heterocycles. The molecule has 8 heteroatoms. The third-order valence-electron chi connectivity index (χ3n) is 6.53. The van der Waals surface area contributed by atoms with Crippen LogP contribution in [0.2, 0.25) is 5.02 Å². The lowest BCUT2D eigenvalue weighted by Crippen LogP contribution is -2.44. The fraction of sp³-hybridized carbons (Fsp3) is 0.296.